The first-order valence-corrected chi connectivity index (χ1v) is 12.1. The summed E-state index contributed by atoms with van der Waals surface area (Å²) in [5.41, 5.74) is 1.11. The van der Waals surface area contributed by atoms with Crippen molar-refractivity contribution in [3.63, 3.8) is 0 Å². The van der Waals surface area contributed by atoms with Crippen LogP contribution in [0.15, 0.2) is 11.6 Å². The van der Waals surface area contributed by atoms with Crippen LogP contribution in [0.1, 0.15) is 79.1 Å². The summed E-state index contributed by atoms with van der Waals surface area (Å²) in [4.78, 5) is 0. The molecule has 3 N–H and O–H groups in total. The van der Waals surface area contributed by atoms with Crippen molar-refractivity contribution in [2.75, 3.05) is 13.1 Å². The highest BCUT2D eigenvalue weighted by Gasteiger charge is 2.63. The van der Waals surface area contributed by atoms with Gasteiger partial charge in [0.05, 0.1) is 0 Å². The van der Waals surface area contributed by atoms with E-state index in [9.17, 15) is 5.11 Å². The number of rotatable bonds is 5. The molecule has 162 valence electrons. The van der Waals surface area contributed by atoms with Gasteiger partial charge in [-0.1, -0.05) is 45.3 Å². The lowest BCUT2D eigenvalue weighted by atomic mass is 9.46. The molecule has 0 amide bonds. The molecule has 0 bridgehead atoms. The lowest BCUT2D eigenvalue weighted by molar-refractivity contribution is -0.1000. The maximum Gasteiger partial charge on any atom is 0.130 e. The monoisotopic (exact) mass is 398 g/mol. The molecule has 5 unspecified atom stereocenters. The Morgan fingerprint density at radius 3 is 2.59 bits per heavy atom. The zero-order valence-corrected chi connectivity index (χ0v) is 19.1. The van der Waals surface area contributed by atoms with Crippen LogP contribution in [0.3, 0.4) is 0 Å². The Hall–Kier alpha value is -0.820. The fourth-order valence-corrected chi connectivity index (χ4v) is 7.76. The van der Waals surface area contributed by atoms with E-state index in [1.165, 1.54) is 32.1 Å². The van der Waals surface area contributed by atoms with E-state index in [4.69, 9.17) is 6.42 Å². The number of nitrogens with one attached hydrogen (secondary N) is 2. The number of hydrogen-bond donors (Lipinski definition) is 3. The lowest BCUT2D eigenvalue weighted by Crippen LogP contribution is -2.54. The van der Waals surface area contributed by atoms with Crippen molar-refractivity contribution in [2.45, 2.75) is 96.7 Å². The summed E-state index contributed by atoms with van der Waals surface area (Å²) in [6.45, 7) is 11.3. The van der Waals surface area contributed by atoms with E-state index in [0.717, 1.165) is 44.2 Å². The Balaban J connectivity index is 1.46. The molecule has 7 atom stereocenters. The van der Waals surface area contributed by atoms with E-state index in [1.54, 1.807) is 5.57 Å². The fourth-order valence-electron chi connectivity index (χ4n) is 7.76. The minimum atomic E-state index is -0.884. The highest BCUT2D eigenvalue weighted by atomic mass is 16.3. The Morgan fingerprint density at radius 1 is 1.10 bits per heavy atom. The van der Waals surface area contributed by atoms with Crippen molar-refractivity contribution in [3.05, 3.63) is 11.6 Å². The van der Waals surface area contributed by atoms with Crippen LogP contribution in [0.25, 0.3) is 0 Å². The number of hydrogen-bond acceptors (Lipinski definition) is 3. The van der Waals surface area contributed by atoms with Gasteiger partial charge in [-0.15, -0.1) is 6.42 Å². The zero-order valence-electron chi connectivity index (χ0n) is 19.1. The van der Waals surface area contributed by atoms with Crippen LogP contribution in [-0.2, 0) is 0 Å². The van der Waals surface area contributed by atoms with Gasteiger partial charge < -0.3 is 15.7 Å². The molecule has 3 heteroatoms. The topological polar surface area (TPSA) is 44.3 Å². The summed E-state index contributed by atoms with van der Waals surface area (Å²) in [7, 11) is 0. The Labute approximate surface area is 178 Å². The fraction of sp³-hybridized carbons (Fsp3) is 0.846. The minimum Gasteiger partial charge on any atom is -0.377 e. The first-order chi connectivity index (χ1) is 13.7. The summed E-state index contributed by atoms with van der Waals surface area (Å²) in [6, 6.07) is 1.09. The number of aliphatic hydroxyl groups is 1. The minimum absolute atomic E-state index is 0.0807. The zero-order chi connectivity index (χ0) is 20.9. The van der Waals surface area contributed by atoms with Crippen LogP contribution in [0.2, 0.25) is 0 Å². The maximum absolute atomic E-state index is 11.2. The van der Waals surface area contributed by atoms with Crippen molar-refractivity contribution < 1.29 is 5.11 Å². The Bertz CT molecular complexity index is 693. The summed E-state index contributed by atoms with van der Waals surface area (Å²) in [5, 5.41) is 18.4. The second-order valence-corrected chi connectivity index (χ2v) is 11.2. The van der Waals surface area contributed by atoms with Crippen LogP contribution >= 0.6 is 0 Å². The van der Waals surface area contributed by atoms with Gasteiger partial charge in [0.1, 0.15) is 5.60 Å². The molecule has 0 saturated heterocycles. The third kappa shape index (κ3) is 3.40. The smallest absolute Gasteiger partial charge is 0.130 e. The molecule has 0 radical (unpaired) electrons. The average Bonchev–Trinajstić information content (AvgIpc) is 2.97. The van der Waals surface area contributed by atoms with Crippen molar-refractivity contribution in [2.24, 2.45) is 28.6 Å². The molecule has 3 nitrogen and oxygen atoms in total. The SMILES string of the molecule is C#C[C@]1(O)CCC2C3CCC4=CC(NCCNC(C)C)CCC4(C)C3CC[C@@]21C. The van der Waals surface area contributed by atoms with Crippen molar-refractivity contribution in [1.82, 2.24) is 10.6 Å². The molecule has 29 heavy (non-hydrogen) atoms. The van der Waals surface area contributed by atoms with Gasteiger partial charge in [0, 0.05) is 30.6 Å². The van der Waals surface area contributed by atoms with Crippen LogP contribution in [0, 0.1) is 40.9 Å². The van der Waals surface area contributed by atoms with Gasteiger partial charge in [-0.05, 0) is 74.5 Å². The van der Waals surface area contributed by atoms with E-state index >= 15 is 0 Å². The van der Waals surface area contributed by atoms with Crippen LogP contribution in [0.5, 0.6) is 0 Å². The molecule has 0 spiro atoms. The number of terminal acetylenes is 1. The largest absolute Gasteiger partial charge is 0.377 e. The molecule has 0 aliphatic heterocycles. The average molecular weight is 399 g/mol. The Morgan fingerprint density at radius 2 is 1.86 bits per heavy atom. The molecule has 4 aliphatic carbocycles. The van der Waals surface area contributed by atoms with E-state index in [0.29, 0.717) is 23.4 Å². The summed E-state index contributed by atoms with van der Waals surface area (Å²) in [5.74, 6) is 4.91. The summed E-state index contributed by atoms with van der Waals surface area (Å²) < 4.78 is 0. The van der Waals surface area contributed by atoms with Crippen LogP contribution < -0.4 is 10.6 Å². The summed E-state index contributed by atoms with van der Waals surface area (Å²) >= 11 is 0. The van der Waals surface area contributed by atoms with E-state index < -0.39 is 5.60 Å². The van der Waals surface area contributed by atoms with Crippen LogP contribution in [0.4, 0.5) is 0 Å². The second kappa shape index (κ2) is 7.70. The van der Waals surface area contributed by atoms with E-state index in [2.05, 4.69) is 50.3 Å². The normalized spacial score (nSPS) is 46.4. The molecule has 3 fully saturated rings. The first-order valence-electron chi connectivity index (χ1n) is 12.1. The van der Waals surface area contributed by atoms with E-state index in [1.807, 2.05) is 0 Å². The molecular weight excluding hydrogens is 356 g/mol. The van der Waals surface area contributed by atoms with Gasteiger partial charge in [0.25, 0.3) is 0 Å². The van der Waals surface area contributed by atoms with Gasteiger partial charge in [0.2, 0.25) is 0 Å². The lowest BCUT2D eigenvalue weighted by Gasteiger charge is -2.59. The number of allylic oxidation sites excluding steroid dienone is 1. The van der Waals surface area contributed by atoms with Crippen LogP contribution in [-0.4, -0.2) is 35.9 Å². The molecule has 0 aromatic heterocycles. The standard InChI is InChI=1S/C26H42N2O/c1-6-26(29)14-11-23-21-8-7-19-17-20(28-16-15-27-18(2)3)9-12-24(19,4)22(21)10-13-25(23,26)5/h1,17-18,20-23,27-29H,7-16H2,2-5H3/t20?,21?,22?,23?,24?,25-,26-/m0/s1. The highest BCUT2D eigenvalue weighted by molar-refractivity contribution is 5.29. The van der Waals surface area contributed by atoms with Gasteiger partial charge in [0.15, 0.2) is 0 Å². The van der Waals surface area contributed by atoms with Crippen molar-refractivity contribution >= 4 is 0 Å². The molecule has 0 aromatic carbocycles. The molecule has 0 heterocycles. The second-order valence-electron chi connectivity index (χ2n) is 11.2. The molecule has 3 saturated carbocycles. The highest BCUT2D eigenvalue weighted by Crippen LogP contribution is 2.67. The van der Waals surface area contributed by atoms with Gasteiger partial charge in [-0.25, -0.2) is 0 Å². The molecule has 4 rings (SSSR count). The van der Waals surface area contributed by atoms with Gasteiger partial charge >= 0.3 is 0 Å². The van der Waals surface area contributed by atoms with E-state index in [-0.39, 0.29) is 5.41 Å². The third-order valence-corrected chi connectivity index (χ3v) is 9.59. The molecule has 4 aliphatic rings. The van der Waals surface area contributed by atoms with Gasteiger partial charge in [-0.3, -0.25) is 0 Å². The summed E-state index contributed by atoms with van der Waals surface area (Å²) in [6.07, 6.45) is 17.7. The van der Waals surface area contributed by atoms with Gasteiger partial charge in [-0.2, -0.15) is 0 Å². The Kier molecular flexibility index (Phi) is 5.69. The van der Waals surface area contributed by atoms with Crippen molar-refractivity contribution in [1.29, 1.82) is 0 Å². The number of fused-ring (bicyclic) bond motifs is 5. The predicted molar refractivity (Wildman–Crippen MR) is 120 cm³/mol. The van der Waals surface area contributed by atoms with Crippen molar-refractivity contribution in [3.8, 4) is 12.3 Å². The molecular formula is C26H42N2O. The maximum atomic E-state index is 11.2. The first kappa shape index (κ1) is 21.4. The molecule has 0 aromatic rings. The predicted octanol–water partition coefficient (Wildman–Crippen LogP) is 4.27. The quantitative estimate of drug-likeness (QED) is 0.368. The third-order valence-electron chi connectivity index (χ3n) is 9.59.